The number of imidazole rings is 1. The Morgan fingerprint density at radius 2 is 2.53 bits per heavy atom. The molecule has 2 aromatic heterocycles. The maximum absolute atomic E-state index is 11.5. The highest BCUT2D eigenvalue weighted by Crippen LogP contribution is 2.28. The van der Waals surface area contributed by atoms with Crippen LogP contribution < -0.4 is 0 Å². The summed E-state index contributed by atoms with van der Waals surface area (Å²) in [6.45, 7) is 3.64. The van der Waals surface area contributed by atoms with Crippen molar-refractivity contribution >= 4 is 27.7 Å². The number of ether oxygens (including phenoxy) is 2. The first-order valence-electron chi connectivity index (χ1n) is 6.35. The van der Waals surface area contributed by atoms with Crippen molar-refractivity contribution in [1.82, 2.24) is 9.55 Å². The van der Waals surface area contributed by atoms with Gasteiger partial charge in [-0.05, 0) is 25.8 Å². The van der Waals surface area contributed by atoms with Crippen molar-refractivity contribution in [3.63, 3.8) is 0 Å². The third kappa shape index (κ3) is 2.26. The smallest absolute Gasteiger partial charge is 0.348 e. The maximum Gasteiger partial charge on any atom is 0.348 e. The molecule has 0 aliphatic carbocycles. The molecule has 0 saturated carbocycles. The van der Waals surface area contributed by atoms with Crippen LogP contribution in [0.3, 0.4) is 0 Å². The fourth-order valence-electron chi connectivity index (χ4n) is 2.45. The molecule has 0 aromatic carbocycles. The third-order valence-electron chi connectivity index (χ3n) is 3.44. The Morgan fingerprint density at radius 1 is 1.68 bits per heavy atom. The number of hydrogen-bond donors (Lipinski definition) is 0. The summed E-state index contributed by atoms with van der Waals surface area (Å²) < 4.78 is 12.6. The molecule has 102 valence electrons. The predicted molar refractivity (Wildman–Crippen MR) is 72.7 cm³/mol. The molecule has 2 aromatic rings. The molecule has 1 aliphatic rings. The molecule has 3 rings (SSSR count). The Labute approximate surface area is 115 Å². The van der Waals surface area contributed by atoms with Crippen molar-refractivity contribution in [2.45, 2.75) is 32.4 Å². The Morgan fingerprint density at radius 3 is 3.21 bits per heavy atom. The van der Waals surface area contributed by atoms with Crippen LogP contribution in [0, 0.1) is 6.92 Å². The molecule has 0 N–H and O–H groups in total. The van der Waals surface area contributed by atoms with Gasteiger partial charge in [0.05, 0.1) is 25.3 Å². The lowest BCUT2D eigenvalue weighted by atomic mass is 10.2. The van der Waals surface area contributed by atoms with Gasteiger partial charge in [-0.1, -0.05) is 0 Å². The lowest BCUT2D eigenvalue weighted by Gasteiger charge is -2.12. The van der Waals surface area contributed by atoms with Crippen LogP contribution in [-0.4, -0.2) is 35.3 Å². The standard InChI is InChI=1S/C13H16N2O3S/c1-8-14-12-10(6-11(19-12)13(16)17-2)15(8)7-9-4-3-5-18-9/h6,9H,3-5,7H2,1-2H3. The van der Waals surface area contributed by atoms with Crippen molar-refractivity contribution in [3.8, 4) is 0 Å². The van der Waals surface area contributed by atoms with E-state index < -0.39 is 0 Å². The Hall–Kier alpha value is -1.40. The van der Waals surface area contributed by atoms with Gasteiger partial charge in [-0.2, -0.15) is 0 Å². The minimum Gasteiger partial charge on any atom is -0.465 e. The molecule has 5 nitrogen and oxygen atoms in total. The third-order valence-corrected chi connectivity index (χ3v) is 4.43. The number of thiophene rings is 1. The summed E-state index contributed by atoms with van der Waals surface area (Å²) in [4.78, 5) is 17.5. The largest absolute Gasteiger partial charge is 0.465 e. The monoisotopic (exact) mass is 280 g/mol. The van der Waals surface area contributed by atoms with Crippen molar-refractivity contribution in [3.05, 3.63) is 16.8 Å². The Kier molecular flexibility index (Phi) is 3.28. The van der Waals surface area contributed by atoms with Gasteiger partial charge in [-0.3, -0.25) is 0 Å². The highest BCUT2D eigenvalue weighted by molar-refractivity contribution is 7.20. The van der Waals surface area contributed by atoms with Gasteiger partial charge in [0, 0.05) is 6.61 Å². The summed E-state index contributed by atoms with van der Waals surface area (Å²) in [6, 6.07) is 1.86. The van der Waals surface area contributed by atoms with Gasteiger partial charge in [-0.25, -0.2) is 9.78 Å². The molecular formula is C13H16N2O3S. The molecule has 3 heterocycles. The molecule has 6 heteroatoms. The second-order valence-corrected chi connectivity index (χ2v) is 5.73. The maximum atomic E-state index is 11.5. The summed E-state index contributed by atoms with van der Waals surface area (Å²) in [7, 11) is 1.39. The van der Waals surface area contributed by atoms with E-state index in [0.717, 1.165) is 42.2 Å². The van der Waals surface area contributed by atoms with E-state index in [0.29, 0.717) is 4.88 Å². The van der Waals surface area contributed by atoms with E-state index in [-0.39, 0.29) is 12.1 Å². The Balaban J connectivity index is 1.95. The fourth-order valence-corrected chi connectivity index (χ4v) is 3.45. The van der Waals surface area contributed by atoms with E-state index in [2.05, 4.69) is 9.55 Å². The number of aryl methyl sites for hydroxylation is 1. The molecule has 0 bridgehead atoms. The number of carbonyl (C=O) groups is 1. The average molecular weight is 280 g/mol. The van der Waals surface area contributed by atoms with E-state index in [1.54, 1.807) is 0 Å². The van der Waals surface area contributed by atoms with Crippen molar-refractivity contribution < 1.29 is 14.3 Å². The van der Waals surface area contributed by atoms with Crippen LogP contribution in [0.25, 0.3) is 10.3 Å². The van der Waals surface area contributed by atoms with E-state index in [4.69, 9.17) is 9.47 Å². The SMILES string of the molecule is COC(=O)c1cc2c(nc(C)n2CC2CCCO2)s1. The van der Waals surface area contributed by atoms with Gasteiger partial charge in [0.1, 0.15) is 15.5 Å². The van der Waals surface area contributed by atoms with Crippen molar-refractivity contribution in [2.24, 2.45) is 0 Å². The molecule has 19 heavy (non-hydrogen) atoms. The summed E-state index contributed by atoms with van der Waals surface area (Å²) >= 11 is 1.38. The minimum absolute atomic E-state index is 0.262. The van der Waals surface area contributed by atoms with E-state index >= 15 is 0 Å². The topological polar surface area (TPSA) is 53.3 Å². The number of fused-ring (bicyclic) bond motifs is 1. The van der Waals surface area contributed by atoms with Gasteiger partial charge in [-0.15, -0.1) is 11.3 Å². The molecule has 0 spiro atoms. The summed E-state index contributed by atoms with van der Waals surface area (Å²) in [6.07, 6.45) is 2.48. The zero-order chi connectivity index (χ0) is 13.4. The molecule has 1 fully saturated rings. The van der Waals surface area contributed by atoms with Crippen LogP contribution in [0.5, 0.6) is 0 Å². The second-order valence-electron chi connectivity index (χ2n) is 4.70. The van der Waals surface area contributed by atoms with Gasteiger partial charge in [0.25, 0.3) is 0 Å². The van der Waals surface area contributed by atoms with Crippen LogP contribution in [0.15, 0.2) is 6.07 Å². The Bertz CT molecular complexity index is 611. The number of nitrogens with zero attached hydrogens (tertiary/aromatic N) is 2. The zero-order valence-corrected chi connectivity index (χ0v) is 11.8. The van der Waals surface area contributed by atoms with Crippen LogP contribution in [0.1, 0.15) is 28.3 Å². The number of carbonyl (C=O) groups excluding carboxylic acids is 1. The molecule has 1 saturated heterocycles. The van der Waals surface area contributed by atoms with Crippen LogP contribution in [-0.2, 0) is 16.0 Å². The zero-order valence-electron chi connectivity index (χ0n) is 11.0. The molecule has 0 amide bonds. The molecular weight excluding hydrogens is 264 g/mol. The first-order chi connectivity index (χ1) is 9.19. The number of methoxy groups -OCH3 is 1. The van der Waals surface area contributed by atoms with Gasteiger partial charge < -0.3 is 14.0 Å². The van der Waals surface area contributed by atoms with Gasteiger partial charge in [0.15, 0.2) is 0 Å². The highest BCUT2D eigenvalue weighted by Gasteiger charge is 2.21. The van der Waals surface area contributed by atoms with Crippen LogP contribution in [0.2, 0.25) is 0 Å². The predicted octanol–water partition coefficient (Wildman–Crippen LogP) is 2.37. The fraction of sp³-hybridized carbons (Fsp3) is 0.538. The van der Waals surface area contributed by atoms with Crippen LogP contribution >= 0.6 is 11.3 Å². The second kappa shape index (κ2) is 4.94. The van der Waals surface area contributed by atoms with E-state index in [1.807, 2.05) is 13.0 Å². The first kappa shape index (κ1) is 12.6. The quantitative estimate of drug-likeness (QED) is 0.810. The summed E-state index contributed by atoms with van der Waals surface area (Å²) in [5.74, 6) is 0.664. The highest BCUT2D eigenvalue weighted by atomic mass is 32.1. The van der Waals surface area contributed by atoms with Gasteiger partial charge in [0.2, 0.25) is 0 Å². The van der Waals surface area contributed by atoms with Crippen molar-refractivity contribution in [1.29, 1.82) is 0 Å². The lowest BCUT2D eigenvalue weighted by molar-refractivity contribution is 0.0606. The van der Waals surface area contributed by atoms with E-state index in [1.165, 1.54) is 18.4 Å². The lowest BCUT2D eigenvalue weighted by Crippen LogP contribution is -2.15. The van der Waals surface area contributed by atoms with Crippen molar-refractivity contribution in [2.75, 3.05) is 13.7 Å². The minimum atomic E-state index is -0.302. The number of rotatable bonds is 3. The normalized spacial score (nSPS) is 19.2. The summed E-state index contributed by atoms with van der Waals surface area (Å²) in [5, 5.41) is 0. The van der Waals surface area contributed by atoms with E-state index in [9.17, 15) is 4.79 Å². The number of hydrogen-bond acceptors (Lipinski definition) is 5. The number of esters is 1. The average Bonchev–Trinajstić information content (AvgIpc) is 3.08. The molecule has 0 radical (unpaired) electrons. The molecule has 1 atom stereocenters. The summed E-state index contributed by atoms with van der Waals surface area (Å²) in [5.41, 5.74) is 0.999. The molecule has 1 aliphatic heterocycles. The first-order valence-corrected chi connectivity index (χ1v) is 7.17. The van der Waals surface area contributed by atoms with Gasteiger partial charge >= 0.3 is 5.97 Å². The number of aromatic nitrogens is 2. The molecule has 1 unspecified atom stereocenters. The van der Waals surface area contributed by atoms with Crippen LogP contribution in [0.4, 0.5) is 0 Å².